The summed E-state index contributed by atoms with van der Waals surface area (Å²) < 4.78 is 11.0. The number of ether oxygens (including phenoxy) is 2. The van der Waals surface area contributed by atoms with Crippen molar-refractivity contribution in [2.45, 2.75) is 45.8 Å². The molecule has 0 aliphatic carbocycles. The highest BCUT2D eigenvalue weighted by molar-refractivity contribution is 6.29. The Morgan fingerprint density at radius 1 is 1.43 bits per heavy atom. The van der Waals surface area contributed by atoms with Crippen molar-refractivity contribution in [3.8, 4) is 6.01 Å². The molecule has 0 spiro atoms. The lowest BCUT2D eigenvalue weighted by Gasteiger charge is -2.24. The van der Waals surface area contributed by atoms with E-state index in [1.54, 1.807) is 11.0 Å². The van der Waals surface area contributed by atoms with E-state index in [-0.39, 0.29) is 18.2 Å². The third-order valence-corrected chi connectivity index (χ3v) is 3.06. The number of aryl methyl sites for hydroxylation is 1. The van der Waals surface area contributed by atoms with Crippen LogP contribution in [0.5, 0.6) is 6.01 Å². The van der Waals surface area contributed by atoms with Crippen molar-refractivity contribution in [3.05, 3.63) is 16.9 Å². The first-order valence-electron chi connectivity index (χ1n) is 6.89. The first-order chi connectivity index (χ1) is 9.73. The summed E-state index contributed by atoms with van der Waals surface area (Å²) in [5.74, 6) is 0. The van der Waals surface area contributed by atoms with Gasteiger partial charge >= 0.3 is 12.1 Å². The van der Waals surface area contributed by atoms with E-state index < -0.39 is 5.60 Å². The van der Waals surface area contributed by atoms with Crippen LogP contribution in [-0.2, 0) is 4.74 Å². The number of carbonyl (C=O) groups is 1. The molecule has 0 aromatic carbocycles. The van der Waals surface area contributed by atoms with Gasteiger partial charge in [0.15, 0.2) is 0 Å². The van der Waals surface area contributed by atoms with Crippen molar-refractivity contribution in [2.75, 3.05) is 13.1 Å². The maximum atomic E-state index is 12.0. The number of hydrogen-bond acceptors (Lipinski definition) is 5. The number of likely N-dealkylation sites (tertiary alicyclic amines) is 1. The Bertz CT molecular complexity index is 510. The Labute approximate surface area is 129 Å². The smallest absolute Gasteiger partial charge is 0.410 e. The molecule has 0 unspecified atom stereocenters. The highest BCUT2D eigenvalue weighted by Crippen LogP contribution is 2.19. The lowest BCUT2D eigenvalue weighted by molar-refractivity contribution is 0.0274. The summed E-state index contributed by atoms with van der Waals surface area (Å²) >= 11 is 5.87. The molecule has 1 saturated heterocycles. The summed E-state index contributed by atoms with van der Waals surface area (Å²) in [5.41, 5.74) is 0.246. The SMILES string of the molecule is Cc1cc(Cl)nc(O[C@H]2CCN(C(=O)OC(C)(C)C)C2)n1. The van der Waals surface area contributed by atoms with Crippen molar-refractivity contribution < 1.29 is 14.3 Å². The molecule has 2 heterocycles. The first-order valence-corrected chi connectivity index (χ1v) is 7.26. The maximum Gasteiger partial charge on any atom is 0.410 e. The zero-order valence-corrected chi connectivity index (χ0v) is 13.5. The van der Waals surface area contributed by atoms with E-state index >= 15 is 0 Å². The van der Waals surface area contributed by atoms with Gasteiger partial charge in [-0.3, -0.25) is 0 Å². The quantitative estimate of drug-likeness (QED) is 0.786. The standard InChI is InChI=1S/C14H20ClN3O3/c1-9-7-11(15)17-12(16-9)20-10-5-6-18(8-10)13(19)21-14(2,3)4/h7,10H,5-6,8H2,1-4H3/t10-/m0/s1. The molecule has 1 aliphatic heterocycles. The van der Waals surface area contributed by atoms with Crippen LogP contribution in [-0.4, -0.2) is 45.8 Å². The van der Waals surface area contributed by atoms with Crippen LogP contribution in [0.25, 0.3) is 0 Å². The van der Waals surface area contributed by atoms with Gasteiger partial charge in [0.05, 0.1) is 6.54 Å². The molecule has 2 rings (SSSR count). The number of amides is 1. The molecule has 1 aliphatic rings. The van der Waals surface area contributed by atoms with E-state index in [1.165, 1.54) is 0 Å². The molecule has 1 atom stereocenters. The van der Waals surface area contributed by atoms with Crippen LogP contribution in [0.15, 0.2) is 6.07 Å². The molecule has 1 aromatic heterocycles. The van der Waals surface area contributed by atoms with Crippen molar-refractivity contribution in [1.82, 2.24) is 14.9 Å². The zero-order chi connectivity index (χ0) is 15.6. The molecule has 6 nitrogen and oxygen atoms in total. The Morgan fingerprint density at radius 3 is 2.76 bits per heavy atom. The van der Waals surface area contributed by atoms with Gasteiger partial charge in [-0.2, -0.15) is 4.98 Å². The van der Waals surface area contributed by atoms with Crippen molar-refractivity contribution in [1.29, 1.82) is 0 Å². The Balaban J connectivity index is 1.92. The van der Waals surface area contributed by atoms with Gasteiger partial charge in [0.25, 0.3) is 0 Å². The van der Waals surface area contributed by atoms with Crippen molar-refractivity contribution in [3.63, 3.8) is 0 Å². The molecule has 1 amide bonds. The van der Waals surface area contributed by atoms with Crippen LogP contribution in [0.1, 0.15) is 32.9 Å². The van der Waals surface area contributed by atoms with Crippen LogP contribution in [0.4, 0.5) is 4.79 Å². The number of halogens is 1. The molecule has 0 N–H and O–H groups in total. The fraction of sp³-hybridized carbons (Fsp3) is 0.643. The van der Waals surface area contributed by atoms with Gasteiger partial charge in [-0.15, -0.1) is 0 Å². The minimum Gasteiger partial charge on any atom is -0.458 e. The van der Waals surface area contributed by atoms with Crippen molar-refractivity contribution >= 4 is 17.7 Å². The van der Waals surface area contributed by atoms with Gasteiger partial charge in [0.2, 0.25) is 0 Å². The Morgan fingerprint density at radius 2 is 2.14 bits per heavy atom. The van der Waals surface area contributed by atoms with Gasteiger partial charge < -0.3 is 14.4 Å². The monoisotopic (exact) mass is 313 g/mol. The summed E-state index contributed by atoms with van der Waals surface area (Å²) in [4.78, 5) is 21.8. The van der Waals surface area contributed by atoms with Gasteiger partial charge in [-0.25, -0.2) is 9.78 Å². The molecule has 116 valence electrons. The number of rotatable bonds is 2. The molecule has 7 heteroatoms. The number of nitrogens with zero attached hydrogens (tertiary/aromatic N) is 3. The molecule has 1 fully saturated rings. The minimum absolute atomic E-state index is 0.143. The van der Waals surface area contributed by atoms with E-state index in [2.05, 4.69) is 9.97 Å². The van der Waals surface area contributed by atoms with E-state index in [4.69, 9.17) is 21.1 Å². The summed E-state index contributed by atoms with van der Waals surface area (Å²) in [6.07, 6.45) is 0.251. The number of hydrogen-bond donors (Lipinski definition) is 0. The topological polar surface area (TPSA) is 64.5 Å². The van der Waals surface area contributed by atoms with Gasteiger partial charge in [0, 0.05) is 18.7 Å². The third kappa shape index (κ3) is 4.74. The third-order valence-electron chi connectivity index (χ3n) is 2.87. The Kier molecular flexibility index (Phi) is 4.56. The van der Waals surface area contributed by atoms with E-state index in [0.717, 1.165) is 5.69 Å². The van der Waals surface area contributed by atoms with Crippen LogP contribution in [0.2, 0.25) is 5.15 Å². The van der Waals surface area contributed by atoms with E-state index in [0.29, 0.717) is 24.7 Å². The second kappa shape index (κ2) is 6.05. The molecule has 21 heavy (non-hydrogen) atoms. The molecular formula is C14H20ClN3O3. The molecule has 1 aromatic rings. The number of carbonyl (C=O) groups excluding carboxylic acids is 1. The predicted octanol–water partition coefficient (Wildman–Crippen LogP) is 2.83. The predicted molar refractivity (Wildman–Crippen MR) is 78.6 cm³/mol. The summed E-state index contributed by atoms with van der Waals surface area (Å²) in [7, 11) is 0. The molecule has 0 saturated carbocycles. The van der Waals surface area contributed by atoms with Gasteiger partial charge in [0.1, 0.15) is 16.9 Å². The van der Waals surface area contributed by atoms with Crippen LogP contribution >= 0.6 is 11.6 Å². The average molecular weight is 314 g/mol. The molecule has 0 bridgehead atoms. The van der Waals surface area contributed by atoms with Crippen LogP contribution < -0.4 is 4.74 Å². The number of aromatic nitrogens is 2. The van der Waals surface area contributed by atoms with Crippen LogP contribution in [0, 0.1) is 6.92 Å². The highest BCUT2D eigenvalue weighted by Gasteiger charge is 2.31. The fourth-order valence-electron chi connectivity index (χ4n) is 2.02. The largest absolute Gasteiger partial charge is 0.458 e. The minimum atomic E-state index is -0.497. The lowest BCUT2D eigenvalue weighted by atomic mass is 10.2. The summed E-state index contributed by atoms with van der Waals surface area (Å²) in [6, 6.07) is 1.91. The van der Waals surface area contributed by atoms with Crippen LogP contribution in [0.3, 0.4) is 0 Å². The highest BCUT2D eigenvalue weighted by atomic mass is 35.5. The van der Waals surface area contributed by atoms with Crippen molar-refractivity contribution in [2.24, 2.45) is 0 Å². The summed E-state index contributed by atoms with van der Waals surface area (Å²) in [6.45, 7) is 8.41. The molecule has 0 radical (unpaired) electrons. The second-order valence-corrected chi connectivity index (χ2v) is 6.46. The second-order valence-electron chi connectivity index (χ2n) is 6.07. The fourth-order valence-corrected chi connectivity index (χ4v) is 2.25. The normalized spacial score (nSPS) is 18.7. The lowest BCUT2D eigenvalue weighted by Crippen LogP contribution is -2.36. The van der Waals surface area contributed by atoms with E-state index in [9.17, 15) is 4.79 Å². The summed E-state index contributed by atoms with van der Waals surface area (Å²) in [5, 5.41) is 0.347. The Hall–Kier alpha value is -1.56. The maximum absolute atomic E-state index is 12.0. The van der Waals surface area contributed by atoms with Gasteiger partial charge in [-0.1, -0.05) is 11.6 Å². The molecular weight excluding hydrogens is 294 g/mol. The first kappa shape index (κ1) is 15.8. The average Bonchev–Trinajstić information content (AvgIpc) is 2.73. The van der Waals surface area contributed by atoms with Gasteiger partial charge in [-0.05, 0) is 33.8 Å². The van der Waals surface area contributed by atoms with E-state index in [1.807, 2.05) is 27.7 Å². The zero-order valence-electron chi connectivity index (χ0n) is 12.7.